The van der Waals surface area contributed by atoms with Gasteiger partial charge in [0.2, 0.25) is 5.91 Å². The molecule has 1 amide bonds. The van der Waals surface area contributed by atoms with Crippen LogP contribution in [-0.2, 0) is 11.2 Å². The van der Waals surface area contributed by atoms with Crippen molar-refractivity contribution in [1.82, 2.24) is 0 Å². The second-order valence-corrected chi connectivity index (χ2v) is 5.59. The number of aliphatic hydroxyl groups excluding tert-OH is 1. The van der Waals surface area contributed by atoms with Gasteiger partial charge in [0.15, 0.2) is 5.78 Å². The molecule has 0 unspecified atom stereocenters. The van der Waals surface area contributed by atoms with Crippen molar-refractivity contribution in [1.29, 1.82) is 0 Å². The highest BCUT2D eigenvalue weighted by atomic mass is 35.5. The molecule has 0 atom stereocenters. The lowest BCUT2D eigenvalue weighted by molar-refractivity contribution is -0.116. The summed E-state index contributed by atoms with van der Waals surface area (Å²) in [6.07, 6.45) is 0.861. The van der Waals surface area contributed by atoms with Crippen LogP contribution < -0.4 is 5.32 Å². The normalized spacial score (nSPS) is 10.3. The van der Waals surface area contributed by atoms with Crippen LogP contribution in [0.25, 0.3) is 0 Å². The minimum atomic E-state index is -0.206. The fraction of sp³-hybridized carbons (Fsp3) is 0.222. The molecule has 2 aromatic rings. The Balaban J connectivity index is 1.82. The minimum Gasteiger partial charge on any atom is -0.396 e. The third kappa shape index (κ3) is 5.51. The molecule has 0 heterocycles. The van der Waals surface area contributed by atoms with Gasteiger partial charge in [0.1, 0.15) is 0 Å². The molecule has 5 heteroatoms. The summed E-state index contributed by atoms with van der Waals surface area (Å²) in [7, 11) is 0. The molecule has 0 aliphatic heterocycles. The average molecular weight is 332 g/mol. The van der Waals surface area contributed by atoms with Crippen LogP contribution in [0.4, 0.5) is 5.69 Å². The Labute approximate surface area is 140 Å². The van der Waals surface area contributed by atoms with Gasteiger partial charge in [-0.25, -0.2) is 0 Å². The largest absolute Gasteiger partial charge is 0.396 e. The van der Waals surface area contributed by atoms with Crippen LogP contribution in [0.15, 0.2) is 48.5 Å². The maximum Gasteiger partial charge on any atom is 0.224 e. The van der Waals surface area contributed by atoms with Crippen molar-refractivity contribution in [3.63, 3.8) is 0 Å². The molecular formula is C18H18ClNO3. The molecule has 4 nitrogen and oxygen atoms in total. The number of ketones is 1. The molecule has 0 aliphatic rings. The van der Waals surface area contributed by atoms with E-state index in [2.05, 4.69) is 5.32 Å². The standard InChI is InChI=1S/C18H18ClNO3/c19-15-5-3-14(4-6-15)17(22)9-10-18(23)20-16-7-1-13(2-8-16)11-12-21/h1-8,21H,9-12H2,(H,20,23). The molecular weight excluding hydrogens is 314 g/mol. The highest BCUT2D eigenvalue weighted by Crippen LogP contribution is 2.13. The number of hydrogen-bond acceptors (Lipinski definition) is 3. The van der Waals surface area contributed by atoms with Gasteiger partial charge in [-0.2, -0.15) is 0 Å². The first-order valence-corrected chi connectivity index (χ1v) is 7.74. The van der Waals surface area contributed by atoms with E-state index in [0.717, 1.165) is 5.56 Å². The third-order valence-electron chi connectivity index (χ3n) is 3.38. The molecule has 0 aliphatic carbocycles. The molecule has 2 aromatic carbocycles. The predicted molar refractivity (Wildman–Crippen MR) is 90.9 cm³/mol. The summed E-state index contributed by atoms with van der Waals surface area (Å²) < 4.78 is 0. The van der Waals surface area contributed by atoms with Crippen LogP contribution in [0, 0.1) is 0 Å². The quantitative estimate of drug-likeness (QED) is 0.763. The Morgan fingerprint density at radius 3 is 2.22 bits per heavy atom. The number of carbonyl (C=O) groups excluding carboxylic acids is 2. The van der Waals surface area contributed by atoms with Gasteiger partial charge < -0.3 is 10.4 Å². The summed E-state index contributed by atoms with van der Waals surface area (Å²) in [6, 6.07) is 13.9. The molecule has 0 saturated carbocycles. The van der Waals surface area contributed by atoms with Crippen molar-refractivity contribution in [2.75, 3.05) is 11.9 Å². The van der Waals surface area contributed by atoms with Crippen molar-refractivity contribution >= 4 is 29.0 Å². The number of benzene rings is 2. The Kier molecular flexibility index (Phi) is 6.32. The molecule has 0 aromatic heterocycles. The first-order chi connectivity index (χ1) is 11.1. The average Bonchev–Trinajstić information content (AvgIpc) is 2.55. The Morgan fingerprint density at radius 1 is 0.957 bits per heavy atom. The highest BCUT2D eigenvalue weighted by molar-refractivity contribution is 6.30. The molecule has 120 valence electrons. The summed E-state index contributed by atoms with van der Waals surface area (Å²) in [6.45, 7) is 0.0957. The van der Waals surface area contributed by atoms with Crippen molar-refractivity contribution in [3.8, 4) is 0 Å². The van der Waals surface area contributed by atoms with Crippen LogP contribution in [0.5, 0.6) is 0 Å². The fourth-order valence-corrected chi connectivity index (χ4v) is 2.24. The smallest absolute Gasteiger partial charge is 0.224 e. The van der Waals surface area contributed by atoms with Gasteiger partial charge in [0.05, 0.1) is 0 Å². The van der Waals surface area contributed by atoms with Crippen LogP contribution >= 0.6 is 11.6 Å². The summed E-state index contributed by atoms with van der Waals surface area (Å²) >= 11 is 5.78. The van der Waals surface area contributed by atoms with Gasteiger partial charge in [-0.15, -0.1) is 0 Å². The number of amides is 1. The monoisotopic (exact) mass is 331 g/mol. The van der Waals surface area contributed by atoms with Crippen LogP contribution in [-0.4, -0.2) is 23.4 Å². The molecule has 0 spiro atoms. The van der Waals surface area contributed by atoms with Gasteiger partial charge in [0, 0.05) is 35.7 Å². The zero-order chi connectivity index (χ0) is 16.7. The maximum absolute atomic E-state index is 12.0. The van der Waals surface area contributed by atoms with Gasteiger partial charge >= 0.3 is 0 Å². The summed E-state index contributed by atoms with van der Waals surface area (Å²) in [5.74, 6) is -0.294. The van der Waals surface area contributed by atoms with E-state index >= 15 is 0 Å². The van der Waals surface area contributed by atoms with Gasteiger partial charge in [-0.05, 0) is 48.4 Å². The summed E-state index contributed by atoms with van der Waals surface area (Å²) in [5, 5.41) is 12.2. The van der Waals surface area contributed by atoms with Gasteiger partial charge in [0.25, 0.3) is 0 Å². The lowest BCUT2D eigenvalue weighted by Crippen LogP contribution is -2.13. The van der Waals surface area contributed by atoms with Crippen molar-refractivity contribution in [3.05, 3.63) is 64.7 Å². The summed E-state index contributed by atoms with van der Waals surface area (Å²) in [5.41, 5.74) is 2.23. The second kappa shape index (κ2) is 8.46. The molecule has 23 heavy (non-hydrogen) atoms. The SMILES string of the molecule is O=C(CCC(=O)c1ccc(Cl)cc1)Nc1ccc(CCO)cc1. The van der Waals surface area contributed by atoms with Crippen LogP contribution in [0.1, 0.15) is 28.8 Å². The molecule has 0 fully saturated rings. The maximum atomic E-state index is 12.0. The van der Waals surface area contributed by atoms with E-state index in [0.29, 0.717) is 22.7 Å². The molecule has 0 bridgehead atoms. The van der Waals surface area contributed by atoms with Crippen LogP contribution in [0.2, 0.25) is 5.02 Å². The second-order valence-electron chi connectivity index (χ2n) is 5.15. The van der Waals surface area contributed by atoms with E-state index in [1.165, 1.54) is 0 Å². The number of rotatable bonds is 7. The van der Waals surface area contributed by atoms with Crippen molar-refractivity contribution < 1.29 is 14.7 Å². The lowest BCUT2D eigenvalue weighted by Gasteiger charge is -2.06. The zero-order valence-corrected chi connectivity index (χ0v) is 13.3. The number of anilines is 1. The molecule has 2 rings (SSSR count). The number of nitrogens with one attached hydrogen (secondary N) is 1. The van der Waals surface area contributed by atoms with Crippen molar-refractivity contribution in [2.24, 2.45) is 0 Å². The highest BCUT2D eigenvalue weighted by Gasteiger charge is 2.09. The van der Waals surface area contributed by atoms with Gasteiger partial charge in [-0.1, -0.05) is 23.7 Å². The molecule has 2 N–H and O–H groups in total. The third-order valence-corrected chi connectivity index (χ3v) is 3.64. The summed E-state index contributed by atoms with van der Waals surface area (Å²) in [4.78, 5) is 23.9. The number of carbonyl (C=O) groups is 2. The number of hydrogen-bond donors (Lipinski definition) is 2. The minimum absolute atomic E-state index is 0.0879. The molecule has 0 radical (unpaired) electrons. The number of Topliss-reactive ketones (excluding diaryl/α,β-unsaturated/α-hetero) is 1. The first kappa shape index (κ1) is 17.2. The van der Waals surface area contributed by atoms with E-state index in [4.69, 9.17) is 16.7 Å². The van der Waals surface area contributed by atoms with E-state index < -0.39 is 0 Å². The van der Waals surface area contributed by atoms with Crippen molar-refractivity contribution in [2.45, 2.75) is 19.3 Å². The van der Waals surface area contributed by atoms with E-state index in [1.54, 1.807) is 36.4 Å². The Bertz CT molecular complexity index is 666. The van der Waals surface area contributed by atoms with Crippen LogP contribution in [0.3, 0.4) is 0 Å². The number of aliphatic hydroxyl groups is 1. The topological polar surface area (TPSA) is 66.4 Å². The first-order valence-electron chi connectivity index (χ1n) is 7.37. The number of halogens is 1. The molecule has 0 saturated heterocycles. The fourth-order valence-electron chi connectivity index (χ4n) is 2.11. The van der Waals surface area contributed by atoms with E-state index in [-0.39, 0.29) is 31.1 Å². The van der Waals surface area contributed by atoms with E-state index in [1.807, 2.05) is 12.1 Å². The van der Waals surface area contributed by atoms with Gasteiger partial charge in [-0.3, -0.25) is 9.59 Å². The predicted octanol–water partition coefficient (Wildman–Crippen LogP) is 3.48. The zero-order valence-electron chi connectivity index (χ0n) is 12.6. The Morgan fingerprint density at radius 2 is 1.61 bits per heavy atom. The van der Waals surface area contributed by atoms with E-state index in [9.17, 15) is 9.59 Å². The Hall–Kier alpha value is -2.17. The lowest BCUT2D eigenvalue weighted by atomic mass is 10.1.